The van der Waals surface area contributed by atoms with Gasteiger partial charge in [0, 0.05) is 18.2 Å². The van der Waals surface area contributed by atoms with Gasteiger partial charge < -0.3 is 15.4 Å². The van der Waals surface area contributed by atoms with Crippen molar-refractivity contribution in [3.8, 4) is 0 Å². The molecule has 2 atom stereocenters. The summed E-state index contributed by atoms with van der Waals surface area (Å²) in [4.78, 5) is 13.8. The molecule has 1 aliphatic rings. The van der Waals surface area contributed by atoms with Crippen LogP contribution in [0, 0.1) is 11.6 Å². The number of benzene rings is 1. The van der Waals surface area contributed by atoms with Gasteiger partial charge in [-0.2, -0.15) is 0 Å². The normalized spacial score (nSPS) is 22.5. The van der Waals surface area contributed by atoms with Crippen LogP contribution in [-0.4, -0.2) is 29.2 Å². The Hall–Kier alpha value is -1.69. The number of halogens is 2. The van der Waals surface area contributed by atoms with Crippen LogP contribution in [0.4, 0.5) is 13.6 Å². The molecule has 0 bridgehead atoms. The quantitative estimate of drug-likeness (QED) is 0.865. The topological polar surface area (TPSA) is 55.6 Å². The summed E-state index contributed by atoms with van der Waals surface area (Å²) in [5.74, 6) is -1.86. The molecule has 1 aromatic rings. The van der Waals surface area contributed by atoms with Gasteiger partial charge in [-0.15, -0.1) is 0 Å². The SMILES string of the molecule is CC(C)(C)OC(=O)N1CCC(N)CC1c1cccc(F)c1F. The molecule has 4 nitrogen and oxygen atoms in total. The van der Waals surface area contributed by atoms with Crippen LogP contribution in [0.5, 0.6) is 0 Å². The van der Waals surface area contributed by atoms with Crippen molar-refractivity contribution in [2.24, 2.45) is 5.73 Å². The van der Waals surface area contributed by atoms with E-state index in [1.807, 2.05) is 0 Å². The molecule has 0 saturated carbocycles. The zero-order chi connectivity index (χ0) is 16.5. The van der Waals surface area contributed by atoms with Crippen molar-refractivity contribution < 1.29 is 18.3 Å². The molecule has 0 radical (unpaired) electrons. The highest BCUT2D eigenvalue weighted by Gasteiger charge is 2.35. The van der Waals surface area contributed by atoms with Gasteiger partial charge in [-0.25, -0.2) is 13.6 Å². The van der Waals surface area contributed by atoms with E-state index in [9.17, 15) is 13.6 Å². The van der Waals surface area contributed by atoms with Crippen LogP contribution in [0.1, 0.15) is 45.2 Å². The van der Waals surface area contributed by atoms with Crippen LogP contribution >= 0.6 is 0 Å². The second-order valence-corrected chi connectivity index (χ2v) is 6.62. The highest BCUT2D eigenvalue weighted by molar-refractivity contribution is 5.69. The van der Waals surface area contributed by atoms with Crippen LogP contribution < -0.4 is 5.73 Å². The molecule has 122 valence electrons. The van der Waals surface area contributed by atoms with Crippen LogP contribution in [0.2, 0.25) is 0 Å². The standard InChI is InChI=1S/C16H22F2N2O2/c1-16(2,3)22-15(21)20-8-7-10(19)9-13(20)11-5-4-6-12(17)14(11)18/h4-6,10,13H,7-9,19H2,1-3H3. The molecule has 1 saturated heterocycles. The lowest BCUT2D eigenvalue weighted by Gasteiger charge is -2.39. The Morgan fingerprint density at radius 2 is 2.05 bits per heavy atom. The summed E-state index contributed by atoms with van der Waals surface area (Å²) in [7, 11) is 0. The first-order valence-corrected chi connectivity index (χ1v) is 7.38. The maximum Gasteiger partial charge on any atom is 0.410 e. The fourth-order valence-electron chi connectivity index (χ4n) is 2.60. The maximum absolute atomic E-state index is 14.1. The smallest absolute Gasteiger partial charge is 0.410 e. The van der Waals surface area contributed by atoms with Gasteiger partial charge in [0.2, 0.25) is 0 Å². The Morgan fingerprint density at radius 1 is 1.36 bits per heavy atom. The Kier molecular flexibility index (Phi) is 4.70. The van der Waals surface area contributed by atoms with Crippen molar-refractivity contribution in [2.45, 2.75) is 51.3 Å². The molecule has 1 aromatic carbocycles. The van der Waals surface area contributed by atoms with Crippen molar-refractivity contribution in [1.29, 1.82) is 0 Å². The fraction of sp³-hybridized carbons (Fsp3) is 0.562. The van der Waals surface area contributed by atoms with Crippen molar-refractivity contribution in [1.82, 2.24) is 4.90 Å². The first-order valence-electron chi connectivity index (χ1n) is 7.38. The third-order valence-electron chi connectivity index (χ3n) is 3.61. The van der Waals surface area contributed by atoms with Crippen LogP contribution in [0.25, 0.3) is 0 Å². The number of nitrogens with two attached hydrogens (primary N) is 1. The van der Waals surface area contributed by atoms with E-state index in [0.717, 1.165) is 6.07 Å². The van der Waals surface area contributed by atoms with Crippen molar-refractivity contribution in [3.05, 3.63) is 35.4 Å². The van der Waals surface area contributed by atoms with E-state index < -0.39 is 29.4 Å². The minimum Gasteiger partial charge on any atom is -0.444 e. The van der Waals surface area contributed by atoms with E-state index in [0.29, 0.717) is 19.4 Å². The number of rotatable bonds is 1. The fourth-order valence-corrected chi connectivity index (χ4v) is 2.60. The van der Waals surface area contributed by atoms with E-state index >= 15 is 0 Å². The van der Waals surface area contributed by atoms with E-state index in [1.165, 1.54) is 17.0 Å². The molecule has 2 unspecified atom stereocenters. The number of nitrogens with zero attached hydrogens (tertiary/aromatic N) is 1. The Bertz CT molecular complexity index is 558. The molecule has 0 spiro atoms. The Labute approximate surface area is 129 Å². The number of likely N-dealkylation sites (tertiary alicyclic amines) is 1. The second-order valence-electron chi connectivity index (χ2n) is 6.62. The lowest BCUT2D eigenvalue weighted by molar-refractivity contribution is 0.00750. The van der Waals surface area contributed by atoms with Gasteiger partial charge in [0.1, 0.15) is 5.60 Å². The first-order chi connectivity index (χ1) is 10.2. The summed E-state index contributed by atoms with van der Waals surface area (Å²) in [6.07, 6.45) is 0.444. The van der Waals surface area contributed by atoms with Gasteiger partial charge in [0.25, 0.3) is 0 Å². The highest BCUT2D eigenvalue weighted by atomic mass is 19.2. The minimum atomic E-state index is -0.935. The molecule has 1 heterocycles. The molecule has 1 amide bonds. The van der Waals surface area contributed by atoms with Crippen LogP contribution in [0.3, 0.4) is 0 Å². The second kappa shape index (κ2) is 6.20. The molecule has 1 fully saturated rings. The average molecular weight is 312 g/mol. The molecule has 2 N–H and O–H groups in total. The number of ether oxygens (including phenoxy) is 1. The number of hydrogen-bond acceptors (Lipinski definition) is 3. The van der Waals surface area contributed by atoms with Crippen molar-refractivity contribution >= 4 is 6.09 Å². The molecule has 22 heavy (non-hydrogen) atoms. The number of hydrogen-bond donors (Lipinski definition) is 1. The van der Waals surface area contributed by atoms with Gasteiger partial charge in [-0.3, -0.25) is 0 Å². The molecule has 1 aliphatic heterocycles. The number of carbonyl (C=O) groups is 1. The van der Waals surface area contributed by atoms with Crippen LogP contribution in [-0.2, 0) is 4.74 Å². The van der Waals surface area contributed by atoms with Gasteiger partial charge >= 0.3 is 6.09 Å². The summed E-state index contributed by atoms with van der Waals surface area (Å²) in [5, 5.41) is 0. The zero-order valence-corrected chi connectivity index (χ0v) is 13.1. The Balaban J connectivity index is 2.31. The van der Waals surface area contributed by atoms with Gasteiger partial charge in [-0.05, 0) is 39.7 Å². The summed E-state index contributed by atoms with van der Waals surface area (Å²) < 4.78 is 32.9. The lowest BCUT2D eigenvalue weighted by atomic mass is 9.92. The summed E-state index contributed by atoms with van der Waals surface area (Å²) >= 11 is 0. The number of carbonyl (C=O) groups excluding carboxylic acids is 1. The predicted octanol–water partition coefficient (Wildman–Crippen LogP) is 3.36. The largest absolute Gasteiger partial charge is 0.444 e. The highest BCUT2D eigenvalue weighted by Crippen LogP contribution is 2.33. The average Bonchev–Trinajstić information content (AvgIpc) is 2.39. The monoisotopic (exact) mass is 312 g/mol. The third-order valence-corrected chi connectivity index (χ3v) is 3.61. The van der Waals surface area contributed by atoms with Gasteiger partial charge in [0.05, 0.1) is 6.04 Å². The third kappa shape index (κ3) is 3.74. The first kappa shape index (κ1) is 16.7. The number of piperidine rings is 1. The molecule has 2 rings (SSSR count). The molecule has 6 heteroatoms. The van der Waals surface area contributed by atoms with Gasteiger partial charge in [0.15, 0.2) is 11.6 Å². The lowest BCUT2D eigenvalue weighted by Crippen LogP contribution is -2.47. The Morgan fingerprint density at radius 3 is 2.68 bits per heavy atom. The molecule has 0 aromatic heterocycles. The summed E-state index contributed by atoms with van der Waals surface area (Å²) in [6.45, 7) is 5.64. The van der Waals surface area contributed by atoms with E-state index in [2.05, 4.69) is 0 Å². The predicted molar refractivity (Wildman–Crippen MR) is 79.2 cm³/mol. The van der Waals surface area contributed by atoms with Crippen LogP contribution in [0.15, 0.2) is 18.2 Å². The van der Waals surface area contributed by atoms with Crippen molar-refractivity contribution in [3.63, 3.8) is 0 Å². The van der Waals surface area contributed by atoms with E-state index in [4.69, 9.17) is 10.5 Å². The summed E-state index contributed by atoms with van der Waals surface area (Å²) in [6, 6.07) is 3.19. The molecular formula is C16H22F2N2O2. The zero-order valence-electron chi connectivity index (χ0n) is 13.1. The minimum absolute atomic E-state index is 0.140. The van der Waals surface area contributed by atoms with Gasteiger partial charge in [-0.1, -0.05) is 12.1 Å². The number of amides is 1. The molecule has 0 aliphatic carbocycles. The summed E-state index contributed by atoms with van der Waals surface area (Å²) in [5.41, 5.74) is 5.43. The van der Waals surface area contributed by atoms with Crippen molar-refractivity contribution in [2.75, 3.05) is 6.54 Å². The van der Waals surface area contributed by atoms with E-state index in [-0.39, 0.29) is 11.6 Å². The van der Waals surface area contributed by atoms with E-state index in [1.54, 1.807) is 20.8 Å². The maximum atomic E-state index is 14.1. The molecular weight excluding hydrogens is 290 g/mol.